The number of nitro groups is 1. The summed E-state index contributed by atoms with van der Waals surface area (Å²) in [5, 5.41) is 24.0. The Bertz CT molecular complexity index is 760. The van der Waals surface area contributed by atoms with Gasteiger partial charge in [0.2, 0.25) is 5.75 Å². The van der Waals surface area contributed by atoms with Gasteiger partial charge in [-0.05, 0) is 24.3 Å². The van der Waals surface area contributed by atoms with Crippen molar-refractivity contribution in [1.29, 1.82) is 0 Å². The fourth-order valence-corrected chi connectivity index (χ4v) is 1.74. The van der Waals surface area contributed by atoms with Gasteiger partial charge in [-0.2, -0.15) is 18.3 Å². The first-order valence-electron chi connectivity index (χ1n) is 6.22. The molecule has 2 N–H and O–H groups in total. The van der Waals surface area contributed by atoms with E-state index in [0.29, 0.717) is 0 Å². The average molecular weight is 325 g/mol. The van der Waals surface area contributed by atoms with Crippen molar-refractivity contribution in [1.82, 2.24) is 0 Å². The Kier molecular flexibility index (Phi) is 4.49. The van der Waals surface area contributed by atoms with E-state index in [1.165, 1.54) is 24.3 Å². The van der Waals surface area contributed by atoms with Crippen LogP contribution in [0.25, 0.3) is 0 Å². The number of hydrogen-bond acceptors (Lipinski definition) is 5. The molecule has 2 rings (SSSR count). The Morgan fingerprint density at radius 2 is 1.91 bits per heavy atom. The lowest BCUT2D eigenvalue weighted by atomic mass is 10.2. The summed E-state index contributed by atoms with van der Waals surface area (Å²) in [7, 11) is 0. The van der Waals surface area contributed by atoms with Crippen molar-refractivity contribution in [2.24, 2.45) is 5.10 Å². The first-order chi connectivity index (χ1) is 10.8. The van der Waals surface area contributed by atoms with Crippen LogP contribution in [-0.2, 0) is 6.18 Å². The molecule has 0 heterocycles. The van der Waals surface area contributed by atoms with Gasteiger partial charge in [0, 0.05) is 11.6 Å². The average Bonchev–Trinajstić information content (AvgIpc) is 2.48. The summed E-state index contributed by atoms with van der Waals surface area (Å²) in [6.07, 6.45) is -3.40. The SMILES string of the molecule is O=[N+]([O-])c1cccc(C=NNc2cccc(C(F)(F)F)c2)c1O. The van der Waals surface area contributed by atoms with Crippen LogP contribution in [-0.4, -0.2) is 16.2 Å². The van der Waals surface area contributed by atoms with E-state index in [0.717, 1.165) is 24.4 Å². The molecule has 0 fully saturated rings. The van der Waals surface area contributed by atoms with Crippen molar-refractivity contribution < 1.29 is 23.2 Å². The molecule has 120 valence electrons. The molecule has 0 saturated carbocycles. The molecule has 0 radical (unpaired) electrons. The number of para-hydroxylation sites is 1. The highest BCUT2D eigenvalue weighted by atomic mass is 19.4. The Labute approximate surface area is 128 Å². The van der Waals surface area contributed by atoms with Gasteiger partial charge < -0.3 is 5.11 Å². The van der Waals surface area contributed by atoms with E-state index in [9.17, 15) is 28.4 Å². The summed E-state index contributed by atoms with van der Waals surface area (Å²) in [6, 6.07) is 8.22. The van der Waals surface area contributed by atoms with Gasteiger partial charge in [0.05, 0.1) is 22.4 Å². The molecule has 0 unspecified atom stereocenters. The highest BCUT2D eigenvalue weighted by molar-refractivity contribution is 5.86. The van der Waals surface area contributed by atoms with E-state index < -0.39 is 28.1 Å². The van der Waals surface area contributed by atoms with Gasteiger partial charge in [0.1, 0.15) is 0 Å². The van der Waals surface area contributed by atoms with Crippen LogP contribution in [0.5, 0.6) is 5.75 Å². The minimum absolute atomic E-state index is 0.0543. The van der Waals surface area contributed by atoms with Crippen LogP contribution in [0.4, 0.5) is 24.5 Å². The van der Waals surface area contributed by atoms with Crippen LogP contribution >= 0.6 is 0 Å². The maximum absolute atomic E-state index is 12.6. The second-order valence-corrected chi connectivity index (χ2v) is 4.42. The third-order valence-electron chi connectivity index (χ3n) is 2.83. The molecular weight excluding hydrogens is 315 g/mol. The second kappa shape index (κ2) is 6.34. The molecule has 0 spiro atoms. The molecule has 6 nitrogen and oxygen atoms in total. The highest BCUT2D eigenvalue weighted by Crippen LogP contribution is 2.31. The Hall–Kier alpha value is -3.10. The van der Waals surface area contributed by atoms with Crippen molar-refractivity contribution >= 4 is 17.6 Å². The van der Waals surface area contributed by atoms with Gasteiger partial charge >= 0.3 is 11.9 Å². The molecule has 0 amide bonds. The lowest BCUT2D eigenvalue weighted by molar-refractivity contribution is -0.385. The first kappa shape index (κ1) is 16.3. The topological polar surface area (TPSA) is 87.8 Å². The molecule has 0 atom stereocenters. The maximum Gasteiger partial charge on any atom is 0.416 e. The summed E-state index contributed by atoms with van der Waals surface area (Å²) >= 11 is 0. The minimum atomic E-state index is -4.47. The Morgan fingerprint density at radius 3 is 2.57 bits per heavy atom. The van der Waals surface area contributed by atoms with Crippen LogP contribution in [0.3, 0.4) is 0 Å². The predicted octanol–water partition coefficient (Wildman–Crippen LogP) is 3.77. The second-order valence-electron chi connectivity index (χ2n) is 4.42. The van der Waals surface area contributed by atoms with E-state index in [2.05, 4.69) is 10.5 Å². The van der Waals surface area contributed by atoms with Gasteiger partial charge in [0.25, 0.3) is 0 Å². The van der Waals surface area contributed by atoms with Gasteiger partial charge in [0.15, 0.2) is 0 Å². The number of nitrogens with zero attached hydrogens (tertiary/aromatic N) is 2. The molecule has 0 aromatic heterocycles. The zero-order valence-corrected chi connectivity index (χ0v) is 11.4. The zero-order valence-electron chi connectivity index (χ0n) is 11.4. The van der Waals surface area contributed by atoms with E-state index >= 15 is 0 Å². The molecule has 0 aliphatic heterocycles. The van der Waals surface area contributed by atoms with Gasteiger partial charge in [-0.1, -0.05) is 12.1 Å². The maximum atomic E-state index is 12.6. The number of benzene rings is 2. The molecular formula is C14H10F3N3O3. The van der Waals surface area contributed by atoms with E-state index in [1.807, 2.05) is 0 Å². The molecule has 0 bridgehead atoms. The number of anilines is 1. The van der Waals surface area contributed by atoms with Crippen molar-refractivity contribution in [3.63, 3.8) is 0 Å². The largest absolute Gasteiger partial charge is 0.502 e. The smallest absolute Gasteiger partial charge is 0.416 e. The number of phenolic OH excluding ortho intramolecular Hbond substituents is 1. The lowest BCUT2D eigenvalue weighted by Gasteiger charge is -2.08. The van der Waals surface area contributed by atoms with Crippen LogP contribution in [0.15, 0.2) is 47.6 Å². The van der Waals surface area contributed by atoms with Crippen molar-refractivity contribution in [2.75, 3.05) is 5.43 Å². The number of hydrogen-bond donors (Lipinski definition) is 2. The monoisotopic (exact) mass is 325 g/mol. The van der Waals surface area contributed by atoms with Crippen molar-refractivity contribution in [3.05, 3.63) is 63.7 Å². The van der Waals surface area contributed by atoms with Crippen molar-refractivity contribution in [2.45, 2.75) is 6.18 Å². The standard InChI is InChI=1S/C14H10F3N3O3/c15-14(16,17)10-4-2-5-11(7-10)19-18-8-9-3-1-6-12(13(9)21)20(22)23/h1-8,19,21H. The zero-order chi connectivity index (χ0) is 17.0. The van der Waals surface area contributed by atoms with Gasteiger partial charge in [-0.3, -0.25) is 15.5 Å². The van der Waals surface area contributed by atoms with Crippen LogP contribution in [0.2, 0.25) is 0 Å². The first-order valence-corrected chi connectivity index (χ1v) is 6.22. The number of hydrazone groups is 1. The summed E-state index contributed by atoms with van der Waals surface area (Å²) in [4.78, 5) is 9.92. The number of phenols is 1. The van der Waals surface area contributed by atoms with E-state index in [-0.39, 0.29) is 11.3 Å². The van der Waals surface area contributed by atoms with E-state index in [4.69, 9.17) is 0 Å². The Morgan fingerprint density at radius 1 is 1.22 bits per heavy atom. The molecule has 0 aliphatic rings. The molecule has 9 heteroatoms. The molecule has 2 aromatic rings. The lowest BCUT2D eigenvalue weighted by Crippen LogP contribution is -2.05. The quantitative estimate of drug-likeness (QED) is 0.509. The molecule has 0 saturated heterocycles. The highest BCUT2D eigenvalue weighted by Gasteiger charge is 2.30. The minimum Gasteiger partial charge on any atom is -0.502 e. The van der Waals surface area contributed by atoms with E-state index in [1.54, 1.807) is 0 Å². The third-order valence-corrected chi connectivity index (χ3v) is 2.83. The number of halogens is 3. The number of alkyl halides is 3. The molecule has 0 aliphatic carbocycles. The predicted molar refractivity (Wildman–Crippen MR) is 77.4 cm³/mol. The molecule has 23 heavy (non-hydrogen) atoms. The normalized spacial score (nSPS) is 11.6. The Balaban J connectivity index is 2.17. The number of nitro benzene ring substituents is 1. The van der Waals surface area contributed by atoms with Crippen LogP contribution in [0.1, 0.15) is 11.1 Å². The fourth-order valence-electron chi connectivity index (χ4n) is 1.74. The number of nitrogens with one attached hydrogen (secondary N) is 1. The van der Waals surface area contributed by atoms with Gasteiger partial charge in [-0.25, -0.2) is 0 Å². The molecule has 2 aromatic carbocycles. The van der Waals surface area contributed by atoms with Crippen molar-refractivity contribution in [3.8, 4) is 5.75 Å². The van der Waals surface area contributed by atoms with Crippen LogP contribution < -0.4 is 5.43 Å². The summed E-state index contributed by atoms with van der Waals surface area (Å²) in [5.74, 6) is -0.577. The third kappa shape index (κ3) is 3.96. The number of aromatic hydroxyl groups is 1. The summed E-state index contributed by atoms with van der Waals surface area (Å²) < 4.78 is 37.7. The number of rotatable bonds is 4. The van der Waals surface area contributed by atoms with Gasteiger partial charge in [-0.15, -0.1) is 0 Å². The fraction of sp³-hybridized carbons (Fsp3) is 0.0714. The summed E-state index contributed by atoms with van der Waals surface area (Å²) in [5.41, 5.74) is 1.18. The summed E-state index contributed by atoms with van der Waals surface area (Å²) in [6.45, 7) is 0. The van der Waals surface area contributed by atoms with Crippen LogP contribution in [0, 0.1) is 10.1 Å².